The van der Waals surface area contributed by atoms with Crippen molar-refractivity contribution in [2.24, 2.45) is 28.6 Å². The van der Waals surface area contributed by atoms with Crippen molar-refractivity contribution in [1.82, 2.24) is 9.80 Å². The second kappa shape index (κ2) is 10.5. The van der Waals surface area contributed by atoms with Crippen LogP contribution in [0.1, 0.15) is 76.7 Å². The van der Waals surface area contributed by atoms with E-state index in [1.807, 2.05) is 13.1 Å². The van der Waals surface area contributed by atoms with Gasteiger partial charge in [-0.2, -0.15) is 0 Å². The first kappa shape index (κ1) is 27.2. The Balaban J connectivity index is 1.08. The van der Waals surface area contributed by atoms with Gasteiger partial charge in [0.25, 0.3) is 0 Å². The molecule has 1 saturated heterocycles. The number of aliphatic hydroxyl groups excluding tert-OH is 1. The second-order valence-electron chi connectivity index (χ2n) is 13.7. The lowest BCUT2D eigenvalue weighted by molar-refractivity contribution is -0.159. The predicted octanol–water partition coefficient (Wildman–Crippen LogP) is 4.21. The zero-order valence-corrected chi connectivity index (χ0v) is 23.9. The standard InChI is InChI=1S/C32H46N2O5/c1-31-12-10-24(39-30(37)18-34-15-14-33(3)23(17-34)19-35)16-22(31)5-6-25-27-8-7-26(21-4-9-29(36)38-20-21)32(27,2)13-11-28(25)31/h4,8-9,20,22-26,28,35H,5-7,10-19H2,1-3H3/t22-,23?,24+,25+,26-,28+,31+,32-/m1/s1. The third-order valence-electron chi connectivity index (χ3n) is 11.9. The average Bonchev–Trinajstić information content (AvgIpc) is 3.27. The Kier molecular flexibility index (Phi) is 7.30. The zero-order chi connectivity index (χ0) is 27.4. The number of piperazine rings is 1. The summed E-state index contributed by atoms with van der Waals surface area (Å²) in [6, 6.07) is 3.63. The largest absolute Gasteiger partial charge is 0.461 e. The summed E-state index contributed by atoms with van der Waals surface area (Å²) in [6.45, 7) is 7.85. The normalized spacial score (nSPS) is 40.8. The van der Waals surface area contributed by atoms with Crippen LogP contribution in [0.25, 0.3) is 0 Å². The third-order valence-corrected chi connectivity index (χ3v) is 11.9. The second-order valence-corrected chi connectivity index (χ2v) is 13.7. The minimum atomic E-state index is -0.277. The smallest absolute Gasteiger partial charge is 0.335 e. The molecular weight excluding hydrogens is 492 g/mol. The minimum absolute atomic E-state index is 0.0323. The zero-order valence-electron chi connectivity index (χ0n) is 23.9. The molecule has 0 radical (unpaired) electrons. The average molecular weight is 539 g/mol. The number of carbonyl (C=O) groups excluding carboxylic acids is 1. The molecule has 1 aromatic heterocycles. The number of aliphatic hydroxyl groups is 1. The van der Waals surface area contributed by atoms with Crippen molar-refractivity contribution < 1.29 is 19.1 Å². The van der Waals surface area contributed by atoms with Crippen LogP contribution in [0.4, 0.5) is 0 Å². The quantitative estimate of drug-likeness (QED) is 0.444. The number of hydrogen-bond donors (Lipinski definition) is 1. The van der Waals surface area contributed by atoms with E-state index >= 15 is 0 Å². The molecular formula is C32H46N2O5. The van der Waals surface area contributed by atoms with Gasteiger partial charge in [0.1, 0.15) is 6.10 Å². The third kappa shape index (κ3) is 4.82. The molecule has 4 fully saturated rings. The maximum atomic E-state index is 12.9. The lowest BCUT2D eigenvalue weighted by Gasteiger charge is -2.59. The number of allylic oxidation sites excluding steroid dienone is 2. The molecule has 214 valence electrons. The van der Waals surface area contributed by atoms with Gasteiger partial charge < -0.3 is 14.3 Å². The van der Waals surface area contributed by atoms with Crippen LogP contribution in [0.3, 0.4) is 0 Å². The first-order chi connectivity index (χ1) is 18.7. The van der Waals surface area contributed by atoms with Crippen molar-refractivity contribution in [1.29, 1.82) is 0 Å². The van der Waals surface area contributed by atoms with Gasteiger partial charge in [-0.05, 0) is 105 Å². The van der Waals surface area contributed by atoms with E-state index in [0.717, 1.165) is 44.3 Å². The molecule has 7 nitrogen and oxygen atoms in total. The molecule has 1 aliphatic heterocycles. The van der Waals surface area contributed by atoms with Gasteiger partial charge in [-0.25, -0.2) is 4.79 Å². The number of esters is 1. The summed E-state index contributed by atoms with van der Waals surface area (Å²) in [5, 5.41) is 9.63. The Hall–Kier alpha value is -1.96. The number of hydrogen-bond acceptors (Lipinski definition) is 7. The van der Waals surface area contributed by atoms with Crippen LogP contribution >= 0.6 is 0 Å². The molecule has 3 saturated carbocycles. The summed E-state index contributed by atoms with van der Waals surface area (Å²) in [7, 11) is 2.03. The van der Waals surface area contributed by atoms with Gasteiger partial charge in [0, 0.05) is 31.7 Å². The van der Waals surface area contributed by atoms with Gasteiger partial charge >= 0.3 is 11.6 Å². The molecule has 0 aromatic carbocycles. The fourth-order valence-electron chi connectivity index (χ4n) is 9.48. The van der Waals surface area contributed by atoms with E-state index in [9.17, 15) is 14.7 Å². The minimum Gasteiger partial charge on any atom is -0.461 e. The molecule has 0 bridgehead atoms. The van der Waals surface area contributed by atoms with E-state index in [0.29, 0.717) is 42.2 Å². The van der Waals surface area contributed by atoms with Crippen LogP contribution in [0.5, 0.6) is 0 Å². The van der Waals surface area contributed by atoms with E-state index in [2.05, 4.69) is 29.7 Å². The van der Waals surface area contributed by atoms with Crippen molar-refractivity contribution in [2.45, 2.75) is 83.3 Å². The van der Waals surface area contributed by atoms with Gasteiger partial charge in [0.2, 0.25) is 0 Å². The van der Waals surface area contributed by atoms with Crippen LogP contribution < -0.4 is 5.63 Å². The lowest BCUT2D eigenvalue weighted by atomic mass is 9.46. The van der Waals surface area contributed by atoms with Crippen LogP contribution in [0, 0.1) is 28.6 Å². The van der Waals surface area contributed by atoms with Gasteiger partial charge in [0.05, 0.1) is 19.4 Å². The molecule has 6 rings (SSSR count). The summed E-state index contributed by atoms with van der Waals surface area (Å²) < 4.78 is 11.3. The predicted molar refractivity (Wildman–Crippen MR) is 149 cm³/mol. The monoisotopic (exact) mass is 538 g/mol. The maximum Gasteiger partial charge on any atom is 0.335 e. The number of likely N-dealkylation sites (N-methyl/N-ethyl adjacent to an activating group) is 1. The molecule has 1 N–H and O–H groups in total. The highest BCUT2D eigenvalue weighted by Gasteiger charge is 2.58. The van der Waals surface area contributed by atoms with Crippen molar-refractivity contribution in [3.63, 3.8) is 0 Å². The van der Waals surface area contributed by atoms with E-state index < -0.39 is 0 Å². The van der Waals surface area contributed by atoms with Crippen LogP contribution in [-0.4, -0.2) is 72.9 Å². The molecule has 8 atom stereocenters. The Bertz CT molecular complexity index is 1140. The summed E-state index contributed by atoms with van der Waals surface area (Å²) in [5.74, 6) is 2.23. The highest BCUT2D eigenvalue weighted by Crippen LogP contribution is 2.67. The van der Waals surface area contributed by atoms with Crippen molar-refractivity contribution >= 4 is 5.97 Å². The molecule has 7 heteroatoms. The molecule has 0 amide bonds. The van der Waals surface area contributed by atoms with Gasteiger partial charge in [-0.3, -0.25) is 14.6 Å². The molecule has 4 aliphatic carbocycles. The Morgan fingerprint density at radius 1 is 1.15 bits per heavy atom. The van der Waals surface area contributed by atoms with Crippen LogP contribution in [0.2, 0.25) is 0 Å². The van der Waals surface area contributed by atoms with E-state index in [1.165, 1.54) is 25.7 Å². The highest BCUT2D eigenvalue weighted by molar-refractivity contribution is 5.72. The molecule has 0 spiro atoms. The van der Waals surface area contributed by atoms with Crippen molar-refractivity contribution in [3.05, 3.63) is 46.0 Å². The van der Waals surface area contributed by atoms with Crippen LogP contribution in [-0.2, 0) is 9.53 Å². The maximum absolute atomic E-state index is 12.9. The Morgan fingerprint density at radius 2 is 2.00 bits per heavy atom. The van der Waals surface area contributed by atoms with E-state index in [1.54, 1.807) is 17.9 Å². The SMILES string of the molecule is CN1CCN(CC(=O)O[C@H]2CC[C@@]3(C)[C@H](CC[C@H]4C5=CC[C@H](c6ccc(=O)oc6)[C@@]5(C)CC[C@@H]43)C2)CC1CO. The van der Waals surface area contributed by atoms with Crippen molar-refractivity contribution in [2.75, 3.05) is 39.8 Å². The number of carbonyl (C=O) groups is 1. The van der Waals surface area contributed by atoms with Crippen molar-refractivity contribution in [3.8, 4) is 0 Å². The highest BCUT2D eigenvalue weighted by atomic mass is 16.5. The Labute approximate surface area is 232 Å². The number of rotatable bonds is 5. The summed E-state index contributed by atoms with van der Waals surface area (Å²) in [5.41, 5.74) is 3.00. The van der Waals surface area contributed by atoms with E-state index in [4.69, 9.17) is 9.15 Å². The number of nitrogens with zero attached hydrogens (tertiary/aromatic N) is 2. The van der Waals surface area contributed by atoms with Gasteiger partial charge in [-0.1, -0.05) is 25.5 Å². The fraction of sp³-hybridized carbons (Fsp3) is 0.750. The topological polar surface area (TPSA) is 83.2 Å². The summed E-state index contributed by atoms with van der Waals surface area (Å²) in [4.78, 5) is 28.7. The fourth-order valence-corrected chi connectivity index (χ4v) is 9.48. The van der Waals surface area contributed by atoms with Gasteiger partial charge in [-0.15, -0.1) is 0 Å². The van der Waals surface area contributed by atoms with E-state index in [-0.39, 0.29) is 35.8 Å². The summed E-state index contributed by atoms with van der Waals surface area (Å²) in [6.07, 6.45) is 13.3. The molecule has 5 aliphatic rings. The number of fused-ring (bicyclic) bond motifs is 5. The molecule has 1 unspecified atom stereocenters. The number of ether oxygens (including phenoxy) is 1. The summed E-state index contributed by atoms with van der Waals surface area (Å²) >= 11 is 0. The first-order valence-electron chi connectivity index (χ1n) is 15.2. The lowest BCUT2D eigenvalue weighted by Crippen LogP contribution is -2.54. The Morgan fingerprint density at radius 3 is 2.77 bits per heavy atom. The van der Waals surface area contributed by atoms with Gasteiger partial charge in [0.15, 0.2) is 0 Å². The molecule has 39 heavy (non-hydrogen) atoms. The van der Waals surface area contributed by atoms with Crippen LogP contribution in [0.15, 0.2) is 39.3 Å². The molecule has 2 heterocycles. The molecule has 1 aromatic rings. The first-order valence-corrected chi connectivity index (χ1v) is 15.2.